The van der Waals surface area contributed by atoms with E-state index >= 15 is 0 Å². The number of carbonyl (C=O) groups excluding carboxylic acids is 2. The van der Waals surface area contributed by atoms with Crippen LogP contribution < -0.4 is 11.1 Å². The van der Waals surface area contributed by atoms with Crippen LogP contribution in [0.4, 0.5) is 0 Å². The van der Waals surface area contributed by atoms with Crippen LogP contribution >= 0.6 is 34.9 Å². The van der Waals surface area contributed by atoms with E-state index in [1.165, 1.54) is 34.9 Å². The maximum absolute atomic E-state index is 12.8. The molecule has 1 aliphatic carbocycles. The van der Waals surface area contributed by atoms with Crippen LogP contribution in [0.25, 0.3) is 0 Å². The molecule has 0 aromatic carbocycles. The molecule has 1 aromatic rings. The first-order valence-corrected chi connectivity index (χ1v) is 13.5. The number of rotatable bonds is 8. The number of thioether (sulfide) groups is 2. The number of aliphatic carboxylic acids is 1. The second-order valence-electron chi connectivity index (χ2n) is 8.47. The summed E-state index contributed by atoms with van der Waals surface area (Å²) in [5.74, 6) is -0.612. The molecule has 2 amide bonds. The van der Waals surface area contributed by atoms with Gasteiger partial charge in [0.25, 0.3) is 0 Å². The first-order chi connectivity index (χ1) is 15.3. The Kier molecular flexibility index (Phi) is 7.13. The molecule has 0 bridgehead atoms. The van der Waals surface area contributed by atoms with Crippen LogP contribution in [-0.4, -0.2) is 74.0 Å². The normalized spacial score (nSPS) is 27.7. The molecule has 0 spiro atoms. The van der Waals surface area contributed by atoms with Gasteiger partial charge in [0.2, 0.25) is 11.8 Å². The van der Waals surface area contributed by atoms with Crippen LogP contribution in [0.5, 0.6) is 0 Å². The third-order valence-corrected chi connectivity index (χ3v) is 10.1. The summed E-state index contributed by atoms with van der Waals surface area (Å²) in [5.41, 5.74) is 7.03. The van der Waals surface area contributed by atoms with Gasteiger partial charge < -0.3 is 21.1 Å². The number of nitrogens with zero attached hydrogens (tertiary/aromatic N) is 3. The van der Waals surface area contributed by atoms with Crippen molar-refractivity contribution in [1.82, 2.24) is 20.4 Å². The first-order valence-electron chi connectivity index (χ1n) is 10.6. The van der Waals surface area contributed by atoms with E-state index in [1.807, 2.05) is 6.92 Å². The van der Waals surface area contributed by atoms with E-state index in [4.69, 9.17) is 5.73 Å². The molecule has 0 saturated carbocycles. The number of carbonyl (C=O) groups is 3. The van der Waals surface area contributed by atoms with Gasteiger partial charge in [-0.2, -0.15) is 0 Å². The standard InChI is InChI=1S/C20H27N5O4S3/c1-11-23-24-19(32-11)31-10-20(18(28)29)8-25-16(27)15(17(25)30-9-20)22-14(26)6-12-4-2-3-5-13(12)7-21/h15,17H,2-10,21H2,1H3,(H,22,26)(H,28,29)/t15?,17-,20?/m1/s1. The van der Waals surface area contributed by atoms with Gasteiger partial charge in [-0.15, -0.1) is 22.0 Å². The summed E-state index contributed by atoms with van der Waals surface area (Å²) in [4.78, 5) is 39.1. The summed E-state index contributed by atoms with van der Waals surface area (Å²) < 4.78 is 0.726. The Bertz CT molecular complexity index is 951. The van der Waals surface area contributed by atoms with Crippen LogP contribution in [0.1, 0.15) is 37.1 Å². The highest BCUT2D eigenvalue weighted by molar-refractivity contribution is 8.01. The number of fused-ring (bicyclic) bond motifs is 1. The molecular weight excluding hydrogens is 470 g/mol. The molecule has 3 heterocycles. The molecule has 2 saturated heterocycles. The van der Waals surface area contributed by atoms with Gasteiger partial charge in [0.05, 0.1) is 0 Å². The maximum atomic E-state index is 12.8. The van der Waals surface area contributed by atoms with Crippen LogP contribution in [-0.2, 0) is 14.4 Å². The lowest BCUT2D eigenvalue weighted by Gasteiger charge is -2.53. The van der Waals surface area contributed by atoms with E-state index in [1.54, 1.807) is 4.90 Å². The number of carboxylic acids is 1. The lowest BCUT2D eigenvalue weighted by atomic mass is 9.88. The molecule has 174 valence electrons. The predicted molar refractivity (Wildman–Crippen MR) is 124 cm³/mol. The fourth-order valence-corrected chi connectivity index (χ4v) is 8.03. The number of hydrogen-bond donors (Lipinski definition) is 3. The SMILES string of the molecule is Cc1nnc(SCC2(C(=O)O)CS[C@@H]3C(NC(=O)CC4=C(CN)CCCC4)C(=O)N3C2)s1. The molecule has 2 fully saturated rings. The van der Waals surface area contributed by atoms with Crippen molar-refractivity contribution in [3.63, 3.8) is 0 Å². The van der Waals surface area contributed by atoms with Crippen molar-refractivity contribution in [2.45, 2.75) is 54.8 Å². The van der Waals surface area contributed by atoms with E-state index < -0.39 is 17.4 Å². The summed E-state index contributed by atoms with van der Waals surface area (Å²) in [7, 11) is 0. The minimum absolute atomic E-state index is 0.137. The average molecular weight is 498 g/mol. The molecule has 9 nitrogen and oxygen atoms in total. The number of aryl methyl sites for hydroxylation is 1. The second kappa shape index (κ2) is 9.70. The molecule has 0 radical (unpaired) electrons. The van der Waals surface area contributed by atoms with E-state index in [-0.39, 0.29) is 30.2 Å². The molecule has 2 unspecified atom stereocenters. The molecule has 3 aliphatic rings. The Morgan fingerprint density at radius 3 is 2.72 bits per heavy atom. The highest BCUT2D eigenvalue weighted by Crippen LogP contribution is 2.44. The van der Waals surface area contributed by atoms with Crippen LogP contribution in [0, 0.1) is 12.3 Å². The highest BCUT2D eigenvalue weighted by atomic mass is 32.2. The highest BCUT2D eigenvalue weighted by Gasteiger charge is 2.57. The molecule has 4 N–H and O–H groups in total. The second-order valence-corrected chi connectivity index (χ2v) is 12.0. The molecule has 2 aliphatic heterocycles. The van der Waals surface area contributed by atoms with Gasteiger partial charge in [-0.3, -0.25) is 14.4 Å². The number of amides is 2. The van der Waals surface area contributed by atoms with Crippen molar-refractivity contribution >= 4 is 52.6 Å². The molecule has 4 rings (SSSR count). The summed E-state index contributed by atoms with van der Waals surface area (Å²) in [6.07, 6.45) is 4.28. The summed E-state index contributed by atoms with van der Waals surface area (Å²) in [6, 6.07) is -0.594. The van der Waals surface area contributed by atoms with Crippen molar-refractivity contribution in [3.05, 3.63) is 16.2 Å². The fraction of sp³-hybridized carbons (Fsp3) is 0.650. The van der Waals surface area contributed by atoms with Crippen molar-refractivity contribution in [1.29, 1.82) is 0 Å². The van der Waals surface area contributed by atoms with Crippen LogP contribution in [0.2, 0.25) is 0 Å². The van der Waals surface area contributed by atoms with Gasteiger partial charge in [-0.05, 0) is 32.6 Å². The average Bonchev–Trinajstić information content (AvgIpc) is 3.21. The number of hydrogen-bond acceptors (Lipinski definition) is 9. The summed E-state index contributed by atoms with van der Waals surface area (Å²) in [6.45, 7) is 2.46. The van der Waals surface area contributed by atoms with Crippen LogP contribution in [0.15, 0.2) is 15.5 Å². The van der Waals surface area contributed by atoms with Gasteiger partial charge in [0.15, 0.2) is 4.34 Å². The molecule has 12 heteroatoms. The number of nitrogens with two attached hydrogens (primary N) is 1. The lowest BCUT2D eigenvalue weighted by Crippen LogP contribution is -2.74. The third kappa shape index (κ3) is 4.68. The smallest absolute Gasteiger partial charge is 0.313 e. The first kappa shape index (κ1) is 23.5. The van der Waals surface area contributed by atoms with Gasteiger partial charge in [-0.1, -0.05) is 34.2 Å². The molecular formula is C20H27N5O4S3. The minimum atomic E-state index is -1.06. The van der Waals surface area contributed by atoms with Gasteiger partial charge in [0.1, 0.15) is 21.8 Å². The monoisotopic (exact) mass is 497 g/mol. The Balaban J connectivity index is 1.36. The maximum Gasteiger partial charge on any atom is 0.313 e. The van der Waals surface area contributed by atoms with Crippen molar-refractivity contribution in [2.75, 3.05) is 24.6 Å². The van der Waals surface area contributed by atoms with E-state index in [0.29, 0.717) is 18.1 Å². The third-order valence-electron chi connectivity index (χ3n) is 6.22. The van der Waals surface area contributed by atoms with Gasteiger partial charge in [0, 0.05) is 31.0 Å². The quantitative estimate of drug-likeness (QED) is 0.278. The van der Waals surface area contributed by atoms with Crippen molar-refractivity contribution in [3.8, 4) is 0 Å². The van der Waals surface area contributed by atoms with Gasteiger partial charge >= 0.3 is 5.97 Å². The largest absolute Gasteiger partial charge is 0.481 e. The zero-order chi connectivity index (χ0) is 22.9. The Morgan fingerprint density at radius 2 is 2.06 bits per heavy atom. The van der Waals surface area contributed by atoms with E-state index in [0.717, 1.165) is 46.2 Å². The van der Waals surface area contributed by atoms with Crippen molar-refractivity contribution < 1.29 is 19.5 Å². The number of nitrogens with one attached hydrogen (secondary N) is 1. The number of β-lactam (4-membered cyclic amide) rings is 1. The van der Waals surface area contributed by atoms with Crippen molar-refractivity contribution in [2.24, 2.45) is 11.1 Å². The molecule has 3 atom stereocenters. The van der Waals surface area contributed by atoms with E-state index in [9.17, 15) is 19.5 Å². The number of carboxylic acid groups (broad SMARTS) is 1. The Labute approximate surface area is 199 Å². The van der Waals surface area contributed by atoms with Crippen LogP contribution in [0.3, 0.4) is 0 Å². The fourth-order valence-electron chi connectivity index (χ4n) is 4.35. The minimum Gasteiger partial charge on any atom is -0.481 e. The van der Waals surface area contributed by atoms with E-state index in [2.05, 4.69) is 15.5 Å². The zero-order valence-electron chi connectivity index (χ0n) is 17.8. The zero-order valence-corrected chi connectivity index (χ0v) is 20.3. The number of aromatic nitrogens is 2. The van der Waals surface area contributed by atoms with Gasteiger partial charge in [-0.25, -0.2) is 0 Å². The Morgan fingerprint density at radius 1 is 1.31 bits per heavy atom. The summed E-state index contributed by atoms with van der Waals surface area (Å²) in [5, 5.41) is 21.5. The summed E-state index contributed by atoms with van der Waals surface area (Å²) >= 11 is 4.22. The predicted octanol–water partition coefficient (Wildman–Crippen LogP) is 1.63. The molecule has 32 heavy (non-hydrogen) atoms. The Hall–Kier alpha value is -1.63. The topological polar surface area (TPSA) is 139 Å². The molecule has 1 aromatic heterocycles. The lowest BCUT2D eigenvalue weighted by molar-refractivity contribution is -0.157.